The number of carbonyl (C=O) groups is 1. The van der Waals surface area contributed by atoms with Gasteiger partial charge in [-0.05, 0) is 42.3 Å². The lowest BCUT2D eigenvalue weighted by Crippen LogP contribution is -2.40. The van der Waals surface area contributed by atoms with Crippen LogP contribution in [0.1, 0.15) is 18.9 Å². The van der Waals surface area contributed by atoms with Gasteiger partial charge in [-0.3, -0.25) is 4.90 Å². The van der Waals surface area contributed by atoms with Crippen molar-refractivity contribution in [3.8, 4) is 0 Å². The second-order valence-electron chi connectivity index (χ2n) is 6.29. The van der Waals surface area contributed by atoms with Crippen molar-refractivity contribution in [2.75, 3.05) is 4.90 Å². The Balaban J connectivity index is 1.93. The molecule has 0 radical (unpaired) electrons. The lowest BCUT2D eigenvalue weighted by Gasteiger charge is -2.23. The fraction of sp³-hybridized carbons (Fsp3) is 0.0870. The van der Waals surface area contributed by atoms with Crippen molar-refractivity contribution in [3.05, 3.63) is 101 Å². The van der Waals surface area contributed by atoms with E-state index < -0.39 is 16.1 Å². The Morgan fingerprint density at radius 3 is 1.72 bits per heavy atom. The number of carbonyl (C=O) groups excluding carboxylic acids is 1. The molecule has 0 aliphatic rings. The molecule has 29 heavy (non-hydrogen) atoms. The summed E-state index contributed by atoms with van der Waals surface area (Å²) < 4.78 is 28.0. The topological polar surface area (TPSA) is 66.5 Å². The second-order valence-corrected chi connectivity index (χ2v) is 8.03. The van der Waals surface area contributed by atoms with Gasteiger partial charge in [0.05, 0.1) is 16.3 Å². The minimum absolute atomic E-state index is 0.137. The third kappa shape index (κ3) is 5.12. The van der Waals surface area contributed by atoms with Gasteiger partial charge in [-0.15, -0.1) is 0 Å². The van der Waals surface area contributed by atoms with Crippen molar-refractivity contribution < 1.29 is 13.2 Å². The summed E-state index contributed by atoms with van der Waals surface area (Å²) in [5.41, 5.74) is 1.89. The van der Waals surface area contributed by atoms with E-state index in [1.165, 1.54) is 4.90 Å². The summed E-state index contributed by atoms with van der Waals surface area (Å²) in [6, 6.07) is 26.2. The zero-order valence-electron chi connectivity index (χ0n) is 16.0. The Labute approximate surface area is 171 Å². The van der Waals surface area contributed by atoms with Crippen LogP contribution in [0.2, 0.25) is 0 Å². The van der Waals surface area contributed by atoms with E-state index in [1.54, 1.807) is 61.5 Å². The van der Waals surface area contributed by atoms with Gasteiger partial charge in [0.15, 0.2) is 0 Å². The molecule has 3 rings (SSSR count). The first-order valence-corrected chi connectivity index (χ1v) is 10.7. The average Bonchev–Trinajstić information content (AvgIpc) is 2.74. The van der Waals surface area contributed by atoms with E-state index in [-0.39, 0.29) is 11.3 Å². The number of sulfonamides is 1. The van der Waals surface area contributed by atoms with Crippen LogP contribution in [-0.2, 0) is 10.0 Å². The van der Waals surface area contributed by atoms with Crippen LogP contribution in [0.4, 0.5) is 16.2 Å². The second kappa shape index (κ2) is 9.21. The van der Waals surface area contributed by atoms with E-state index in [2.05, 4.69) is 4.72 Å². The van der Waals surface area contributed by atoms with E-state index in [9.17, 15) is 13.2 Å². The Morgan fingerprint density at radius 1 is 0.828 bits per heavy atom. The Bertz CT molecular complexity index is 1040. The minimum Gasteiger partial charge on any atom is -0.262 e. The lowest BCUT2D eigenvalue weighted by molar-refractivity contribution is 0.253. The van der Waals surface area contributed by atoms with Gasteiger partial charge in [-0.2, -0.15) is 0 Å². The molecule has 1 N–H and O–H groups in total. The van der Waals surface area contributed by atoms with Gasteiger partial charge in [0.2, 0.25) is 0 Å². The number of para-hydroxylation sites is 2. The molecule has 5 nitrogen and oxygen atoms in total. The van der Waals surface area contributed by atoms with Gasteiger partial charge in [0.25, 0.3) is 10.0 Å². The summed E-state index contributed by atoms with van der Waals surface area (Å²) in [6.07, 6.45) is 1.83. The number of allylic oxidation sites excluding steroid dienone is 1. The van der Waals surface area contributed by atoms with Crippen molar-refractivity contribution in [1.82, 2.24) is 4.72 Å². The monoisotopic (exact) mass is 406 g/mol. The highest BCUT2D eigenvalue weighted by Gasteiger charge is 2.25. The standard InChI is InChI=1S/C23H22N2O3S/c1-2-22(18-19-12-6-3-7-13-19)29(27,28)24-23(26)25(20-14-8-4-9-15-20)21-16-10-5-11-17-21/h3-18H,2H2,1H3,(H,24,26). The molecule has 0 aliphatic carbocycles. The van der Waals surface area contributed by atoms with Crippen molar-refractivity contribution in [1.29, 1.82) is 0 Å². The van der Waals surface area contributed by atoms with Crippen molar-refractivity contribution in [3.63, 3.8) is 0 Å². The quantitative estimate of drug-likeness (QED) is 0.603. The zero-order chi connectivity index (χ0) is 20.7. The van der Waals surface area contributed by atoms with Crippen LogP contribution in [0.5, 0.6) is 0 Å². The van der Waals surface area contributed by atoms with E-state index in [1.807, 2.05) is 42.5 Å². The van der Waals surface area contributed by atoms with Crippen LogP contribution < -0.4 is 9.62 Å². The maximum Gasteiger partial charge on any atom is 0.340 e. The fourth-order valence-corrected chi connectivity index (χ4v) is 3.99. The summed E-state index contributed by atoms with van der Waals surface area (Å²) in [5.74, 6) is 0. The van der Waals surface area contributed by atoms with Crippen LogP contribution in [0.25, 0.3) is 6.08 Å². The van der Waals surface area contributed by atoms with E-state index >= 15 is 0 Å². The molecular formula is C23H22N2O3S. The normalized spacial score (nSPS) is 11.7. The molecular weight excluding hydrogens is 384 g/mol. The number of benzene rings is 3. The summed E-state index contributed by atoms with van der Waals surface area (Å²) in [5, 5.41) is 0. The Hall–Kier alpha value is -3.38. The predicted octanol–water partition coefficient (Wildman–Crippen LogP) is 5.32. The molecule has 0 saturated heterocycles. The molecule has 0 heterocycles. The molecule has 0 unspecified atom stereocenters. The van der Waals surface area contributed by atoms with Crippen molar-refractivity contribution in [2.45, 2.75) is 13.3 Å². The molecule has 0 bridgehead atoms. The predicted molar refractivity (Wildman–Crippen MR) is 117 cm³/mol. The van der Waals surface area contributed by atoms with Gasteiger partial charge in [-0.1, -0.05) is 73.7 Å². The van der Waals surface area contributed by atoms with Crippen LogP contribution in [0.15, 0.2) is 95.9 Å². The van der Waals surface area contributed by atoms with Gasteiger partial charge < -0.3 is 0 Å². The molecule has 0 aromatic heterocycles. The highest BCUT2D eigenvalue weighted by molar-refractivity contribution is 7.94. The third-order valence-corrected chi connectivity index (χ3v) is 5.81. The molecule has 2 amide bonds. The third-order valence-electron chi connectivity index (χ3n) is 4.27. The van der Waals surface area contributed by atoms with Gasteiger partial charge in [0, 0.05) is 0 Å². The highest BCUT2D eigenvalue weighted by Crippen LogP contribution is 2.25. The molecule has 6 heteroatoms. The van der Waals surface area contributed by atoms with Gasteiger partial charge in [-0.25, -0.2) is 17.9 Å². The molecule has 0 saturated carbocycles. The summed E-state index contributed by atoms with van der Waals surface area (Å²) in [6.45, 7) is 1.74. The van der Waals surface area contributed by atoms with Crippen molar-refractivity contribution >= 4 is 33.5 Å². The molecule has 148 valence electrons. The number of hydrogen-bond donors (Lipinski definition) is 1. The maximum atomic E-state index is 13.0. The first kappa shape index (κ1) is 20.4. The van der Waals surface area contributed by atoms with Crippen LogP contribution in [0.3, 0.4) is 0 Å². The maximum absolute atomic E-state index is 13.0. The number of amides is 2. The number of hydrogen-bond acceptors (Lipinski definition) is 3. The lowest BCUT2D eigenvalue weighted by atomic mass is 10.2. The van der Waals surface area contributed by atoms with Crippen LogP contribution in [-0.4, -0.2) is 14.4 Å². The highest BCUT2D eigenvalue weighted by atomic mass is 32.2. The van der Waals surface area contributed by atoms with Gasteiger partial charge in [0.1, 0.15) is 0 Å². The van der Waals surface area contributed by atoms with E-state index in [0.717, 1.165) is 5.56 Å². The largest absolute Gasteiger partial charge is 0.340 e. The smallest absolute Gasteiger partial charge is 0.262 e. The molecule has 0 aliphatic heterocycles. The van der Waals surface area contributed by atoms with Crippen LogP contribution in [0, 0.1) is 0 Å². The number of urea groups is 1. The molecule has 3 aromatic carbocycles. The summed E-state index contributed by atoms with van der Waals surface area (Å²) in [4.78, 5) is 14.5. The number of anilines is 2. The minimum atomic E-state index is -4.01. The first-order valence-electron chi connectivity index (χ1n) is 9.24. The number of nitrogens with zero attached hydrogens (tertiary/aromatic N) is 1. The summed E-state index contributed by atoms with van der Waals surface area (Å²) >= 11 is 0. The van der Waals surface area contributed by atoms with E-state index in [0.29, 0.717) is 11.4 Å². The SMILES string of the molecule is CCC(=Cc1ccccc1)S(=O)(=O)NC(=O)N(c1ccccc1)c1ccccc1. The van der Waals surface area contributed by atoms with Gasteiger partial charge >= 0.3 is 6.03 Å². The first-order chi connectivity index (χ1) is 14.0. The van der Waals surface area contributed by atoms with Crippen molar-refractivity contribution in [2.24, 2.45) is 0 Å². The molecule has 0 spiro atoms. The molecule has 3 aromatic rings. The average molecular weight is 407 g/mol. The van der Waals surface area contributed by atoms with Crippen LogP contribution >= 0.6 is 0 Å². The van der Waals surface area contributed by atoms with E-state index in [4.69, 9.17) is 0 Å². The number of nitrogens with one attached hydrogen (secondary N) is 1. The molecule has 0 fully saturated rings. The number of rotatable bonds is 6. The Kier molecular flexibility index (Phi) is 6.46. The summed E-state index contributed by atoms with van der Waals surface area (Å²) in [7, 11) is -4.01. The zero-order valence-corrected chi connectivity index (χ0v) is 16.8. The fourth-order valence-electron chi connectivity index (χ4n) is 2.87. The molecule has 0 atom stereocenters. The Morgan fingerprint density at radius 2 is 1.28 bits per heavy atom.